The van der Waals surface area contributed by atoms with Crippen LogP contribution >= 0.6 is 0 Å². The zero-order valence-electron chi connectivity index (χ0n) is 15.5. The van der Waals surface area contributed by atoms with Gasteiger partial charge in [-0.15, -0.1) is 0 Å². The van der Waals surface area contributed by atoms with Crippen LogP contribution in [0.1, 0.15) is 32.5 Å². The number of nitrogens with zero attached hydrogens (tertiary/aromatic N) is 3. The lowest BCUT2D eigenvalue weighted by atomic mass is 9.80. The second kappa shape index (κ2) is 7.56. The Hall–Kier alpha value is -1.88. The molecule has 0 aliphatic carbocycles. The molecule has 0 radical (unpaired) electrons. The molecule has 0 bridgehead atoms. The van der Waals surface area contributed by atoms with E-state index in [1.807, 2.05) is 18.2 Å². The van der Waals surface area contributed by atoms with E-state index in [9.17, 15) is 9.90 Å². The number of carboxylic acid groups (broad SMARTS) is 1. The van der Waals surface area contributed by atoms with Crippen molar-refractivity contribution in [2.24, 2.45) is 24.8 Å². The van der Waals surface area contributed by atoms with E-state index in [4.69, 9.17) is 4.98 Å². The van der Waals surface area contributed by atoms with Gasteiger partial charge in [0.05, 0.1) is 11.0 Å². The number of benzene rings is 1. The maximum absolute atomic E-state index is 11.3. The predicted octanol–water partition coefficient (Wildman–Crippen LogP) is 3.18. The first kappa shape index (κ1) is 17.9. The summed E-state index contributed by atoms with van der Waals surface area (Å²) in [5.74, 6) is 1.59. The van der Waals surface area contributed by atoms with Crippen LogP contribution in [-0.2, 0) is 18.3 Å². The number of hydrogen-bond donors (Lipinski definition) is 1. The van der Waals surface area contributed by atoms with Crippen molar-refractivity contribution in [2.75, 3.05) is 19.6 Å². The molecule has 1 aromatic heterocycles. The van der Waals surface area contributed by atoms with Crippen LogP contribution < -0.4 is 0 Å². The molecule has 3 rings (SSSR count). The van der Waals surface area contributed by atoms with Crippen LogP contribution in [0.4, 0.5) is 0 Å². The Balaban J connectivity index is 1.80. The fourth-order valence-corrected chi connectivity index (χ4v) is 4.18. The Labute approximate surface area is 149 Å². The molecule has 1 aliphatic rings. The standard InChI is InChI=1S/C20H29N3O2/c1-14(2)12-23-9-8-15(11-20(24)25)16(13-23)10-19-21-17-6-4-5-7-18(17)22(19)3/h4-7,14-16H,8-13H2,1-3H3,(H,24,25). The molecule has 25 heavy (non-hydrogen) atoms. The van der Waals surface area contributed by atoms with E-state index in [0.717, 1.165) is 49.3 Å². The number of aliphatic carboxylic acids is 1. The quantitative estimate of drug-likeness (QED) is 0.875. The minimum Gasteiger partial charge on any atom is -0.481 e. The molecule has 2 heterocycles. The molecule has 0 spiro atoms. The summed E-state index contributed by atoms with van der Waals surface area (Å²) in [7, 11) is 2.06. The zero-order chi connectivity index (χ0) is 18.0. The number of fused-ring (bicyclic) bond motifs is 1. The van der Waals surface area contributed by atoms with Crippen molar-refractivity contribution in [3.05, 3.63) is 30.1 Å². The molecule has 1 N–H and O–H groups in total. The van der Waals surface area contributed by atoms with Crippen molar-refractivity contribution in [1.82, 2.24) is 14.5 Å². The van der Waals surface area contributed by atoms with Crippen LogP contribution in [0.5, 0.6) is 0 Å². The first-order valence-corrected chi connectivity index (χ1v) is 9.28. The zero-order valence-corrected chi connectivity index (χ0v) is 15.5. The molecular weight excluding hydrogens is 314 g/mol. The number of carboxylic acids is 1. The van der Waals surface area contributed by atoms with Crippen molar-refractivity contribution >= 4 is 17.0 Å². The van der Waals surface area contributed by atoms with Crippen molar-refractivity contribution in [3.8, 4) is 0 Å². The average molecular weight is 343 g/mol. The van der Waals surface area contributed by atoms with Gasteiger partial charge in [-0.25, -0.2) is 4.98 Å². The van der Waals surface area contributed by atoms with Gasteiger partial charge < -0.3 is 14.6 Å². The lowest BCUT2D eigenvalue weighted by Gasteiger charge is -2.38. The average Bonchev–Trinajstić information content (AvgIpc) is 2.86. The molecule has 1 saturated heterocycles. The van der Waals surface area contributed by atoms with Gasteiger partial charge in [0.2, 0.25) is 0 Å². The van der Waals surface area contributed by atoms with Gasteiger partial charge in [0.1, 0.15) is 5.82 Å². The summed E-state index contributed by atoms with van der Waals surface area (Å²) in [6.45, 7) is 7.54. The fraction of sp³-hybridized carbons (Fsp3) is 0.600. The minimum absolute atomic E-state index is 0.237. The fourth-order valence-electron chi connectivity index (χ4n) is 4.18. The third-order valence-corrected chi connectivity index (χ3v) is 5.36. The molecule has 5 nitrogen and oxygen atoms in total. The SMILES string of the molecule is CC(C)CN1CCC(CC(=O)O)C(Cc2nc3ccccc3n2C)C1. The number of rotatable bonds is 6. The molecular formula is C20H29N3O2. The van der Waals surface area contributed by atoms with Gasteiger partial charge in [0, 0.05) is 33.0 Å². The predicted molar refractivity (Wildman–Crippen MR) is 99.5 cm³/mol. The van der Waals surface area contributed by atoms with Crippen LogP contribution in [0.3, 0.4) is 0 Å². The van der Waals surface area contributed by atoms with E-state index in [0.29, 0.717) is 11.8 Å². The summed E-state index contributed by atoms with van der Waals surface area (Å²) < 4.78 is 2.16. The van der Waals surface area contributed by atoms with E-state index >= 15 is 0 Å². The van der Waals surface area contributed by atoms with Gasteiger partial charge in [-0.3, -0.25) is 4.79 Å². The number of aryl methyl sites for hydroxylation is 1. The highest BCUT2D eigenvalue weighted by atomic mass is 16.4. The second-order valence-electron chi connectivity index (χ2n) is 7.84. The van der Waals surface area contributed by atoms with Gasteiger partial charge >= 0.3 is 5.97 Å². The molecule has 2 unspecified atom stereocenters. The number of para-hydroxylation sites is 2. The lowest BCUT2D eigenvalue weighted by Crippen LogP contribution is -2.43. The van der Waals surface area contributed by atoms with E-state index < -0.39 is 5.97 Å². The van der Waals surface area contributed by atoms with Gasteiger partial charge in [-0.05, 0) is 42.9 Å². The number of hydrogen-bond acceptors (Lipinski definition) is 3. The molecule has 2 aromatic rings. The normalized spacial score (nSPS) is 21.9. The van der Waals surface area contributed by atoms with E-state index in [1.54, 1.807) is 0 Å². The summed E-state index contributed by atoms with van der Waals surface area (Å²) in [5.41, 5.74) is 2.16. The lowest BCUT2D eigenvalue weighted by molar-refractivity contribution is -0.139. The molecule has 0 amide bonds. The topological polar surface area (TPSA) is 58.4 Å². The summed E-state index contributed by atoms with van der Waals surface area (Å²) in [6, 6.07) is 8.18. The highest BCUT2D eigenvalue weighted by Crippen LogP contribution is 2.30. The van der Waals surface area contributed by atoms with Gasteiger partial charge in [0.25, 0.3) is 0 Å². The molecule has 0 saturated carbocycles. The number of imidazole rings is 1. The van der Waals surface area contributed by atoms with Crippen LogP contribution in [-0.4, -0.2) is 45.2 Å². The maximum atomic E-state index is 11.3. The maximum Gasteiger partial charge on any atom is 0.303 e. The first-order chi connectivity index (χ1) is 11.9. The monoisotopic (exact) mass is 343 g/mol. The molecule has 1 aliphatic heterocycles. The summed E-state index contributed by atoms with van der Waals surface area (Å²) >= 11 is 0. The van der Waals surface area contributed by atoms with Crippen molar-refractivity contribution in [3.63, 3.8) is 0 Å². The summed E-state index contributed by atoms with van der Waals surface area (Å²) in [4.78, 5) is 18.6. The number of aromatic nitrogens is 2. The van der Waals surface area contributed by atoms with E-state index in [2.05, 4.69) is 36.4 Å². The Morgan fingerprint density at radius 3 is 2.76 bits per heavy atom. The molecule has 136 valence electrons. The van der Waals surface area contributed by atoms with Crippen molar-refractivity contribution in [2.45, 2.75) is 33.1 Å². The Morgan fingerprint density at radius 1 is 1.32 bits per heavy atom. The highest BCUT2D eigenvalue weighted by Gasteiger charge is 2.32. The Morgan fingerprint density at radius 2 is 2.08 bits per heavy atom. The smallest absolute Gasteiger partial charge is 0.303 e. The molecule has 1 fully saturated rings. The van der Waals surface area contributed by atoms with Gasteiger partial charge in [-0.1, -0.05) is 26.0 Å². The first-order valence-electron chi connectivity index (χ1n) is 9.28. The van der Waals surface area contributed by atoms with Gasteiger partial charge in [-0.2, -0.15) is 0 Å². The summed E-state index contributed by atoms with van der Waals surface area (Å²) in [5, 5.41) is 9.30. The largest absolute Gasteiger partial charge is 0.481 e. The second-order valence-corrected chi connectivity index (χ2v) is 7.84. The van der Waals surface area contributed by atoms with Crippen molar-refractivity contribution in [1.29, 1.82) is 0 Å². The Kier molecular flexibility index (Phi) is 5.42. The van der Waals surface area contributed by atoms with Gasteiger partial charge in [0.15, 0.2) is 0 Å². The minimum atomic E-state index is -0.683. The van der Waals surface area contributed by atoms with Crippen LogP contribution in [0.15, 0.2) is 24.3 Å². The summed E-state index contributed by atoms with van der Waals surface area (Å²) in [6.07, 6.45) is 2.08. The van der Waals surface area contributed by atoms with Crippen LogP contribution in [0.2, 0.25) is 0 Å². The molecule has 5 heteroatoms. The Bertz CT molecular complexity index is 738. The molecule has 1 aromatic carbocycles. The van der Waals surface area contributed by atoms with Crippen molar-refractivity contribution < 1.29 is 9.90 Å². The number of piperidine rings is 1. The number of likely N-dealkylation sites (tertiary alicyclic amines) is 1. The highest BCUT2D eigenvalue weighted by molar-refractivity contribution is 5.75. The van der Waals surface area contributed by atoms with E-state index in [-0.39, 0.29) is 12.3 Å². The van der Waals surface area contributed by atoms with E-state index in [1.165, 1.54) is 0 Å². The van der Waals surface area contributed by atoms with Crippen LogP contribution in [0, 0.1) is 17.8 Å². The number of carbonyl (C=O) groups is 1. The third kappa shape index (κ3) is 4.21. The third-order valence-electron chi connectivity index (χ3n) is 5.36. The van der Waals surface area contributed by atoms with Crippen LogP contribution in [0.25, 0.3) is 11.0 Å². The molecule has 2 atom stereocenters.